The molecule has 0 saturated carbocycles. The van der Waals surface area contributed by atoms with Crippen LogP contribution in [0.3, 0.4) is 0 Å². The van der Waals surface area contributed by atoms with Gasteiger partial charge in [-0.15, -0.1) is 0 Å². The van der Waals surface area contributed by atoms with Crippen molar-refractivity contribution in [3.63, 3.8) is 0 Å². The Morgan fingerprint density at radius 3 is 2.88 bits per heavy atom. The van der Waals surface area contributed by atoms with Crippen LogP contribution in [0.4, 0.5) is 4.39 Å². The minimum Gasteiger partial charge on any atom is -0.357 e. The molecule has 2 amide bonds. The zero-order valence-electron chi connectivity index (χ0n) is 9.96. The van der Waals surface area contributed by atoms with Crippen molar-refractivity contribution < 1.29 is 14.0 Å². The average molecular weight is 243 g/mol. The van der Waals surface area contributed by atoms with E-state index in [1.165, 1.54) is 11.9 Å². The van der Waals surface area contributed by atoms with Crippen molar-refractivity contribution in [1.82, 2.24) is 15.5 Å². The third-order valence-corrected chi connectivity index (χ3v) is 3.55. The molecule has 0 aromatic rings. The lowest BCUT2D eigenvalue weighted by molar-refractivity contribution is -0.147. The van der Waals surface area contributed by atoms with Crippen LogP contribution in [0.5, 0.6) is 0 Å². The molecule has 0 unspecified atom stereocenters. The van der Waals surface area contributed by atoms with Gasteiger partial charge in [0.15, 0.2) is 0 Å². The SMILES string of the molecule is CNC(=O)[C@@H]1CCCN1C(=O)[C@@]1(F)CCNC1. The van der Waals surface area contributed by atoms with E-state index < -0.39 is 17.6 Å². The fraction of sp³-hybridized carbons (Fsp3) is 0.818. The Kier molecular flexibility index (Phi) is 3.33. The van der Waals surface area contributed by atoms with Gasteiger partial charge in [0, 0.05) is 26.6 Å². The molecule has 2 atom stereocenters. The standard InChI is InChI=1S/C11H18FN3O2/c1-13-9(16)8-3-2-6-15(8)10(17)11(12)4-5-14-7-11/h8,14H,2-7H2,1H3,(H,13,16)/t8-,11+/m0/s1. The molecule has 2 aliphatic rings. The summed E-state index contributed by atoms with van der Waals surface area (Å²) in [7, 11) is 1.53. The van der Waals surface area contributed by atoms with Gasteiger partial charge in [0.2, 0.25) is 11.6 Å². The largest absolute Gasteiger partial charge is 0.357 e. The van der Waals surface area contributed by atoms with Gasteiger partial charge in [-0.2, -0.15) is 0 Å². The zero-order valence-corrected chi connectivity index (χ0v) is 9.96. The van der Waals surface area contributed by atoms with E-state index in [0.29, 0.717) is 19.5 Å². The van der Waals surface area contributed by atoms with Crippen molar-refractivity contribution in [2.45, 2.75) is 31.0 Å². The number of likely N-dealkylation sites (tertiary alicyclic amines) is 1. The van der Waals surface area contributed by atoms with E-state index in [2.05, 4.69) is 10.6 Å². The summed E-state index contributed by atoms with van der Waals surface area (Å²) in [4.78, 5) is 25.1. The first kappa shape index (κ1) is 12.3. The van der Waals surface area contributed by atoms with Gasteiger partial charge < -0.3 is 15.5 Å². The minimum absolute atomic E-state index is 0.0583. The molecule has 6 heteroatoms. The number of amides is 2. The second-order valence-corrected chi connectivity index (χ2v) is 4.66. The normalized spacial score (nSPS) is 32.8. The quantitative estimate of drug-likeness (QED) is 0.682. The number of carbonyl (C=O) groups is 2. The van der Waals surface area contributed by atoms with E-state index in [0.717, 1.165) is 6.42 Å². The summed E-state index contributed by atoms with van der Waals surface area (Å²) >= 11 is 0. The highest BCUT2D eigenvalue weighted by atomic mass is 19.1. The number of nitrogens with zero attached hydrogens (tertiary/aromatic N) is 1. The Hall–Kier alpha value is -1.17. The summed E-state index contributed by atoms with van der Waals surface area (Å²) in [5, 5.41) is 5.38. The van der Waals surface area contributed by atoms with Crippen LogP contribution in [0.25, 0.3) is 0 Å². The van der Waals surface area contributed by atoms with Gasteiger partial charge in [-0.05, 0) is 19.4 Å². The highest BCUT2D eigenvalue weighted by Gasteiger charge is 2.47. The second kappa shape index (κ2) is 4.60. The lowest BCUT2D eigenvalue weighted by atomic mass is 10.0. The van der Waals surface area contributed by atoms with Crippen molar-refractivity contribution in [2.24, 2.45) is 0 Å². The summed E-state index contributed by atoms with van der Waals surface area (Å²) in [6.45, 7) is 1.05. The first-order valence-electron chi connectivity index (χ1n) is 6.01. The van der Waals surface area contributed by atoms with Gasteiger partial charge in [0.05, 0.1) is 0 Å². The van der Waals surface area contributed by atoms with Gasteiger partial charge >= 0.3 is 0 Å². The molecule has 5 nitrogen and oxygen atoms in total. The number of hydrogen-bond acceptors (Lipinski definition) is 3. The smallest absolute Gasteiger partial charge is 0.262 e. The number of likely N-dealkylation sites (N-methyl/N-ethyl adjacent to an activating group) is 1. The number of nitrogens with one attached hydrogen (secondary N) is 2. The highest BCUT2D eigenvalue weighted by molar-refractivity contribution is 5.92. The first-order valence-corrected chi connectivity index (χ1v) is 6.01. The van der Waals surface area contributed by atoms with Crippen LogP contribution < -0.4 is 10.6 Å². The zero-order chi connectivity index (χ0) is 12.5. The van der Waals surface area contributed by atoms with Crippen LogP contribution in [-0.2, 0) is 9.59 Å². The molecule has 0 aromatic carbocycles. The number of rotatable bonds is 2. The maximum Gasteiger partial charge on any atom is 0.262 e. The molecule has 0 aromatic heterocycles. The summed E-state index contributed by atoms with van der Waals surface area (Å²) < 4.78 is 14.3. The number of halogens is 1. The highest BCUT2D eigenvalue weighted by Crippen LogP contribution is 2.27. The molecular weight excluding hydrogens is 225 g/mol. The molecule has 2 N–H and O–H groups in total. The molecule has 0 aliphatic carbocycles. The molecule has 2 aliphatic heterocycles. The lowest BCUT2D eigenvalue weighted by Gasteiger charge is -2.29. The van der Waals surface area contributed by atoms with Crippen molar-refractivity contribution in [3.8, 4) is 0 Å². The molecule has 2 fully saturated rings. The lowest BCUT2D eigenvalue weighted by Crippen LogP contribution is -2.53. The van der Waals surface area contributed by atoms with E-state index in [9.17, 15) is 14.0 Å². The van der Waals surface area contributed by atoms with Crippen LogP contribution in [0, 0.1) is 0 Å². The molecule has 17 heavy (non-hydrogen) atoms. The van der Waals surface area contributed by atoms with Gasteiger partial charge in [-0.3, -0.25) is 9.59 Å². The van der Waals surface area contributed by atoms with Gasteiger partial charge in [0.25, 0.3) is 5.91 Å². The van der Waals surface area contributed by atoms with E-state index in [1.54, 1.807) is 0 Å². The van der Waals surface area contributed by atoms with Gasteiger partial charge in [0.1, 0.15) is 6.04 Å². The molecule has 0 radical (unpaired) electrons. The Labute approximate surface area is 99.7 Å². The van der Waals surface area contributed by atoms with Gasteiger partial charge in [-0.25, -0.2) is 4.39 Å². The predicted octanol–water partition coefficient (Wildman–Crippen LogP) is -0.575. The maximum absolute atomic E-state index is 14.3. The fourth-order valence-corrected chi connectivity index (χ4v) is 2.55. The van der Waals surface area contributed by atoms with Crippen molar-refractivity contribution in [1.29, 1.82) is 0 Å². The summed E-state index contributed by atoms with van der Waals surface area (Å²) in [5.41, 5.74) is -1.82. The van der Waals surface area contributed by atoms with E-state index >= 15 is 0 Å². The Morgan fingerprint density at radius 2 is 2.29 bits per heavy atom. The Balaban J connectivity index is 2.10. The minimum atomic E-state index is -1.82. The van der Waals surface area contributed by atoms with Crippen molar-refractivity contribution >= 4 is 11.8 Å². The van der Waals surface area contributed by atoms with Crippen molar-refractivity contribution in [3.05, 3.63) is 0 Å². The van der Waals surface area contributed by atoms with Crippen molar-refractivity contribution in [2.75, 3.05) is 26.7 Å². The number of hydrogen-bond donors (Lipinski definition) is 2. The van der Waals surface area contributed by atoms with E-state index in [4.69, 9.17) is 0 Å². The first-order chi connectivity index (χ1) is 8.08. The fourth-order valence-electron chi connectivity index (χ4n) is 2.55. The third-order valence-electron chi connectivity index (χ3n) is 3.55. The van der Waals surface area contributed by atoms with Crippen LogP contribution in [0.1, 0.15) is 19.3 Å². The van der Waals surface area contributed by atoms with Crippen LogP contribution in [0.15, 0.2) is 0 Å². The van der Waals surface area contributed by atoms with Crippen LogP contribution in [-0.4, -0.2) is 55.1 Å². The predicted molar refractivity (Wildman–Crippen MR) is 60.1 cm³/mol. The number of carbonyl (C=O) groups excluding carboxylic acids is 2. The topological polar surface area (TPSA) is 61.4 Å². The molecule has 2 saturated heterocycles. The summed E-state index contributed by atoms with van der Waals surface area (Å²) in [6, 6.07) is -0.499. The summed E-state index contributed by atoms with van der Waals surface area (Å²) in [6.07, 6.45) is 1.57. The Morgan fingerprint density at radius 1 is 1.53 bits per heavy atom. The maximum atomic E-state index is 14.3. The third kappa shape index (κ3) is 2.13. The van der Waals surface area contributed by atoms with E-state index in [-0.39, 0.29) is 18.9 Å². The Bertz CT molecular complexity index is 329. The van der Waals surface area contributed by atoms with Crippen LogP contribution >= 0.6 is 0 Å². The monoisotopic (exact) mass is 243 g/mol. The van der Waals surface area contributed by atoms with Gasteiger partial charge in [-0.1, -0.05) is 0 Å². The average Bonchev–Trinajstić information content (AvgIpc) is 2.96. The summed E-state index contributed by atoms with van der Waals surface area (Å²) in [5.74, 6) is -0.737. The molecular formula is C11H18FN3O2. The molecule has 96 valence electrons. The molecule has 0 bridgehead atoms. The van der Waals surface area contributed by atoms with E-state index in [1.807, 2.05) is 0 Å². The second-order valence-electron chi connectivity index (χ2n) is 4.66. The molecule has 2 heterocycles. The number of alkyl halides is 1. The molecule has 2 rings (SSSR count). The molecule has 0 spiro atoms. The van der Waals surface area contributed by atoms with Crippen LogP contribution in [0.2, 0.25) is 0 Å².